The van der Waals surface area contributed by atoms with Crippen LogP contribution in [0, 0.1) is 12.7 Å². The highest BCUT2D eigenvalue weighted by atomic mass is 32.1. The van der Waals surface area contributed by atoms with Gasteiger partial charge in [0.15, 0.2) is 0 Å². The van der Waals surface area contributed by atoms with Crippen LogP contribution >= 0.6 is 11.3 Å². The summed E-state index contributed by atoms with van der Waals surface area (Å²) in [5.41, 5.74) is 1.37. The molecule has 1 nitrogen and oxygen atoms in total. The van der Waals surface area contributed by atoms with Gasteiger partial charge in [-0.2, -0.15) is 0 Å². The summed E-state index contributed by atoms with van der Waals surface area (Å²) in [4.78, 5) is 1.29. The summed E-state index contributed by atoms with van der Waals surface area (Å²) in [6.07, 6.45) is 0. The van der Waals surface area contributed by atoms with Crippen molar-refractivity contribution in [3.05, 3.63) is 34.5 Å². The zero-order valence-corrected chi connectivity index (χ0v) is 11.5. The topological polar surface area (TPSA) is 12.0 Å². The highest BCUT2D eigenvalue weighted by Gasteiger charge is 2.13. The Morgan fingerprint density at radius 1 is 1.29 bits per heavy atom. The first-order valence-electron chi connectivity index (χ1n) is 5.79. The number of aryl methyl sites for hydroxylation is 1. The molecule has 0 aliphatic heterocycles. The minimum atomic E-state index is -0.158. The molecule has 0 fully saturated rings. The molecule has 0 saturated carbocycles. The summed E-state index contributed by atoms with van der Waals surface area (Å²) >= 11 is 1.68. The maximum Gasteiger partial charge on any atom is 0.124 e. The summed E-state index contributed by atoms with van der Waals surface area (Å²) in [7, 11) is 0. The van der Waals surface area contributed by atoms with Gasteiger partial charge < -0.3 is 5.32 Å². The van der Waals surface area contributed by atoms with Crippen molar-refractivity contribution in [2.24, 2.45) is 0 Å². The third-order valence-electron chi connectivity index (χ3n) is 2.78. The second kappa shape index (κ2) is 4.39. The molecule has 17 heavy (non-hydrogen) atoms. The molecule has 0 atom stereocenters. The average molecular weight is 251 g/mol. The molecule has 0 bridgehead atoms. The maximum absolute atomic E-state index is 13.1. The highest BCUT2D eigenvalue weighted by molar-refractivity contribution is 7.19. The molecule has 1 N–H and O–H groups in total. The van der Waals surface area contributed by atoms with Gasteiger partial charge in [-0.1, -0.05) is 6.07 Å². The Labute approximate surface area is 106 Å². The summed E-state index contributed by atoms with van der Waals surface area (Å²) in [5.74, 6) is -0.158. The largest absolute Gasteiger partial charge is 0.307 e. The predicted molar refractivity (Wildman–Crippen MR) is 73.1 cm³/mol. The van der Waals surface area contributed by atoms with Gasteiger partial charge in [0.25, 0.3) is 0 Å². The Bertz CT molecular complexity index is 537. The molecule has 2 aromatic rings. The van der Waals surface area contributed by atoms with Crippen molar-refractivity contribution >= 4 is 21.4 Å². The van der Waals surface area contributed by atoms with E-state index in [-0.39, 0.29) is 11.4 Å². The van der Waals surface area contributed by atoms with Gasteiger partial charge in [0.2, 0.25) is 0 Å². The van der Waals surface area contributed by atoms with E-state index in [0.717, 1.165) is 11.2 Å². The SMILES string of the molecule is Cc1c(CNC(C)(C)C)sc2cc(F)ccc12. The first-order chi connectivity index (χ1) is 7.87. The molecule has 0 unspecified atom stereocenters. The van der Waals surface area contributed by atoms with Crippen LogP contribution in [0.4, 0.5) is 4.39 Å². The standard InChI is InChI=1S/C14H18FNS/c1-9-11-6-5-10(15)7-12(11)17-13(9)8-16-14(2,3)4/h5-7,16H,8H2,1-4H3. The van der Waals surface area contributed by atoms with E-state index in [4.69, 9.17) is 0 Å². The average Bonchev–Trinajstić information content (AvgIpc) is 2.51. The minimum Gasteiger partial charge on any atom is -0.307 e. The fourth-order valence-electron chi connectivity index (χ4n) is 1.76. The van der Waals surface area contributed by atoms with Crippen LogP contribution in [0.1, 0.15) is 31.2 Å². The lowest BCUT2D eigenvalue weighted by atomic mass is 10.1. The van der Waals surface area contributed by atoms with Crippen LogP contribution in [0.5, 0.6) is 0 Å². The van der Waals surface area contributed by atoms with E-state index in [1.807, 2.05) is 6.07 Å². The van der Waals surface area contributed by atoms with Crippen molar-refractivity contribution in [3.63, 3.8) is 0 Å². The highest BCUT2D eigenvalue weighted by Crippen LogP contribution is 2.31. The van der Waals surface area contributed by atoms with Gasteiger partial charge in [-0.15, -0.1) is 11.3 Å². The van der Waals surface area contributed by atoms with Crippen molar-refractivity contribution in [1.82, 2.24) is 5.32 Å². The van der Waals surface area contributed by atoms with Gasteiger partial charge in [-0.3, -0.25) is 0 Å². The zero-order chi connectivity index (χ0) is 12.6. The van der Waals surface area contributed by atoms with Crippen molar-refractivity contribution in [3.8, 4) is 0 Å². The second-order valence-corrected chi connectivity index (χ2v) is 6.53. The van der Waals surface area contributed by atoms with E-state index in [9.17, 15) is 4.39 Å². The normalized spacial score (nSPS) is 12.3. The molecular weight excluding hydrogens is 233 g/mol. The van der Waals surface area contributed by atoms with Crippen LogP contribution in [0.3, 0.4) is 0 Å². The number of hydrogen-bond donors (Lipinski definition) is 1. The Hall–Kier alpha value is -0.930. The van der Waals surface area contributed by atoms with E-state index in [1.165, 1.54) is 21.9 Å². The molecule has 0 aliphatic rings. The minimum absolute atomic E-state index is 0.105. The van der Waals surface area contributed by atoms with Crippen LogP contribution in [-0.4, -0.2) is 5.54 Å². The summed E-state index contributed by atoms with van der Waals surface area (Å²) < 4.78 is 14.2. The third-order valence-corrected chi connectivity index (χ3v) is 4.03. The fraction of sp³-hybridized carbons (Fsp3) is 0.429. The van der Waals surface area contributed by atoms with Gasteiger partial charge in [0.05, 0.1) is 0 Å². The summed E-state index contributed by atoms with van der Waals surface area (Å²) in [5, 5.41) is 4.64. The van der Waals surface area contributed by atoms with Crippen molar-refractivity contribution in [2.45, 2.75) is 39.8 Å². The van der Waals surface area contributed by atoms with Gasteiger partial charge >= 0.3 is 0 Å². The van der Waals surface area contributed by atoms with E-state index >= 15 is 0 Å². The number of hydrogen-bond acceptors (Lipinski definition) is 2. The van der Waals surface area contributed by atoms with E-state index in [2.05, 4.69) is 33.0 Å². The Morgan fingerprint density at radius 3 is 2.65 bits per heavy atom. The number of rotatable bonds is 2. The molecule has 0 radical (unpaired) electrons. The monoisotopic (exact) mass is 251 g/mol. The molecule has 0 spiro atoms. The number of thiophene rings is 1. The molecule has 3 heteroatoms. The lowest BCUT2D eigenvalue weighted by Gasteiger charge is -2.20. The summed E-state index contributed by atoms with van der Waals surface area (Å²) in [6.45, 7) is 9.40. The van der Waals surface area contributed by atoms with Crippen molar-refractivity contribution < 1.29 is 4.39 Å². The third kappa shape index (κ3) is 2.85. The molecular formula is C14H18FNS. The Balaban J connectivity index is 2.32. The number of benzene rings is 1. The van der Waals surface area contributed by atoms with Gasteiger partial charge in [0, 0.05) is 21.7 Å². The number of nitrogens with one attached hydrogen (secondary N) is 1. The van der Waals surface area contributed by atoms with Crippen LogP contribution in [-0.2, 0) is 6.54 Å². The maximum atomic E-state index is 13.1. The van der Waals surface area contributed by atoms with Crippen LogP contribution < -0.4 is 5.32 Å². The lowest BCUT2D eigenvalue weighted by molar-refractivity contribution is 0.426. The molecule has 0 amide bonds. The smallest absolute Gasteiger partial charge is 0.124 e. The first kappa shape index (κ1) is 12.5. The van der Waals surface area contributed by atoms with Crippen molar-refractivity contribution in [1.29, 1.82) is 0 Å². The molecule has 1 aromatic heterocycles. The van der Waals surface area contributed by atoms with Gasteiger partial charge in [-0.05, 0) is 50.8 Å². The van der Waals surface area contributed by atoms with Crippen LogP contribution in [0.2, 0.25) is 0 Å². The van der Waals surface area contributed by atoms with Crippen LogP contribution in [0.15, 0.2) is 18.2 Å². The van der Waals surface area contributed by atoms with Crippen molar-refractivity contribution in [2.75, 3.05) is 0 Å². The molecule has 2 rings (SSSR count). The Morgan fingerprint density at radius 2 is 2.00 bits per heavy atom. The van der Waals surface area contributed by atoms with Crippen LogP contribution in [0.25, 0.3) is 10.1 Å². The quantitative estimate of drug-likeness (QED) is 0.842. The molecule has 0 saturated heterocycles. The summed E-state index contributed by atoms with van der Waals surface area (Å²) in [6, 6.07) is 5.02. The van der Waals surface area contributed by atoms with Gasteiger partial charge in [0.1, 0.15) is 5.82 Å². The molecule has 92 valence electrons. The molecule has 1 heterocycles. The Kier molecular flexibility index (Phi) is 3.23. The zero-order valence-electron chi connectivity index (χ0n) is 10.7. The molecule has 1 aromatic carbocycles. The van der Waals surface area contributed by atoms with Gasteiger partial charge in [-0.25, -0.2) is 4.39 Å². The second-order valence-electron chi connectivity index (χ2n) is 5.39. The lowest BCUT2D eigenvalue weighted by Crippen LogP contribution is -2.34. The number of fused-ring (bicyclic) bond motifs is 1. The van der Waals surface area contributed by atoms with E-state index in [0.29, 0.717) is 0 Å². The van der Waals surface area contributed by atoms with E-state index < -0.39 is 0 Å². The first-order valence-corrected chi connectivity index (χ1v) is 6.61. The fourth-order valence-corrected chi connectivity index (χ4v) is 2.94. The van der Waals surface area contributed by atoms with E-state index in [1.54, 1.807) is 17.4 Å². The molecule has 0 aliphatic carbocycles. The predicted octanol–water partition coefficient (Wildman–Crippen LogP) is 4.24. The number of halogens is 1.